The van der Waals surface area contributed by atoms with Gasteiger partial charge in [-0.15, -0.1) is 5.10 Å². The summed E-state index contributed by atoms with van der Waals surface area (Å²) in [6, 6.07) is 3.82. The van der Waals surface area contributed by atoms with E-state index in [2.05, 4.69) is 15.5 Å². The summed E-state index contributed by atoms with van der Waals surface area (Å²) in [6.45, 7) is 9.11. The lowest BCUT2D eigenvalue weighted by Gasteiger charge is -2.22. The second-order valence-corrected chi connectivity index (χ2v) is 10.9. The van der Waals surface area contributed by atoms with Gasteiger partial charge >= 0.3 is 11.3 Å². The lowest BCUT2D eigenvalue weighted by molar-refractivity contribution is 0.0487. The maximum Gasteiger partial charge on any atom is 0.408 e. The number of hydrogen-bond acceptors (Lipinski definition) is 7. The highest BCUT2D eigenvalue weighted by Crippen LogP contribution is 2.27. The summed E-state index contributed by atoms with van der Waals surface area (Å²) in [4.78, 5) is 12.2. The van der Waals surface area contributed by atoms with Crippen molar-refractivity contribution >= 4 is 39.1 Å². The molecule has 0 aliphatic heterocycles. The van der Waals surface area contributed by atoms with E-state index in [4.69, 9.17) is 32.4 Å². The number of hydrogen-bond donors (Lipinski definition) is 1. The molecule has 1 aromatic carbocycles. The van der Waals surface area contributed by atoms with E-state index in [1.807, 2.05) is 13.8 Å². The van der Waals surface area contributed by atoms with Crippen molar-refractivity contribution < 1.29 is 22.4 Å². The Labute approximate surface area is 186 Å². The Kier molecular flexibility index (Phi) is 7.76. The maximum atomic E-state index is 12.7. The van der Waals surface area contributed by atoms with Gasteiger partial charge in [-0.2, -0.15) is 0 Å². The predicted octanol–water partition coefficient (Wildman–Crippen LogP) is 4.96. The standard InChI is InChI=1S/C19H25Cl2N3O5S/c1-11(2)8-15(22-17(25)29-19(3,4)5)16-23-24-18(28-16)30(26,27)10-12-6-7-13(20)9-14(12)21/h6-7,9,11,15H,8,10H2,1-5H3,(H,22,25). The largest absolute Gasteiger partial charge is 0.444 e. The van der Waals surface area contributed by atoms with Gasteiger partial charge in [0.2, 0.25) is 15.7 Å². The Morgan fingerprint density at radius 2 is 1.90 bits per heavy atom. The van der Waals surface area contributed by atoms with Gasteiger partial charge in [-0.05, 0) is 50.8 Å². The molecule has 0 bridgehead atoms. The van der Waals surface area contributed by atoms with Gasteiger partial charge in [-0.3, -0.25) is 0 Å². The van der Waals surface area contributed by atoms with Gasteiger partial charge in [0.1, 0.15) is 11.6 Å². The highest BCUT2D eigenvalue weighted by Gasteiger charge is 2.29. The fourth-order valence-corrected chi connectivity index (χ4v) is 4.25. The van der Waals surface area contributed by atoms with Crippen LogP contribution in [0.15, 0.2) is 27.8 Å². The van der Waals surface area contributed by atoms with Crippen LogP contribution in [0.25, 0.3) is 0 Å². The van der Waals surface area contributed by atoms with Gasteiger partial charge < -0.3 is 14.5 Å². The lowest BCUT2D eigenvalue weighted by Crippen LogP contribution is -2.35. The average Bonchev–Trinajstić information content (AvgIpc) is 3.05. The first-order valence-electron chi connectivity index (χ1n) is 9.26. The highest BCUT2D eigenvalue weighted by atomic mass is 35.5. The van der Waals surface area contributed by atoms with Gasteiger partial charge in [0.15, 0.2) is 0 Å². The van der Waals surface area contributed by atoms with Gasteiger partial charge in [0.05, 0.1) is 5.75 Å². The summed E-state index contributed by atoms with van der Waals surface area (Å²) in [5.41, 5.74) is -0.334. The van der Waals surface area contributed by atoms with Crippen molar-refractivity contribution in [3.8, 4) is 0 Å². The summed E-state index contributed by atoms with van der Waals surface area (Å²) in [6.07, 6.45) is -0.215. The lowest BCUT2D eigenvalue weighted by atomic mass is 10.0. The van der Waals surface area contributed by atoms with Crippen molar-refractivity contribution in [3.05, 3.63) is 39.7 Å². The minimum atomic E-state index is -3.96. The van der Waals surface area contributed by atoms with Crippen LogP contribution >= 0.6 is 23.2 Å². The molecule has 1 heterocycles. The predicted molar refractivity (Wildman–Crippen MR) is 113 cm³/mol. The Balaban J connectivity index is 2.24. The third-order valence-corrected chi connectivity index (χ3v) is 5.72. The molecule has 11 heteroatoms. The molecular weight excluding hydrogens is 453 g/mol. The van der Waals surface area contributed by atoms with E-state index < -0.39 is 38.5 Å². The molecule has 0 spiro atoms. The number of nitrogens with one attached hydrogen (secondary N) is 1. The quantitative estimate of drug-likeness (QED) is 0.599. The first kappa shape index (κ1) is 24.4. The van der Waals surface area contributed by atoms with Crippen LogP contribution in [0.1, 0.15) is 58.5 Å². The summed E-state index contributed by atoms with van der Waals surface area (Å²) < 4.78 is 36.1. The zero-order chi connectivity index (χ0) is 22.7. The molecule has 30 heavy (non-hydrogen) atoms. The summed E-state index contributed by atoms with van der Waals surface area (Å²) in [5, 5.41) is 10.2. The maximum absolute atomic E-state index is 12.7. The van der Waals surface area contributed by atoms with Crippen molar-refractivity contribution in [1.82, 2.24) is 15.5 Å². The van der Waals surface area contributed by atoms with E-state index in [0.717, 1.165) is 0 Å². The first-order chi connectivity index (χ1) is 13.8. The molecule has 0 fully saturated rings. The minimum Gasteiger partial charge on any atom is -0.444 e. The smallest absolute Gasteiger partial charge is 0.408 e. The van der Waals surface area contributed by atoms with Gasteiger partial charge in [0, 0.05) is 10.0 Å². The normalized spacial score (nSPS) is 13.3. The van der Waals surface area contributed by atoms with Crippen LogP contribution in [-0.4, -0.2) is 30.3 Å². The number of alkyl carbamates (subject to hydrolysis) is 1. The molecule has 0 aliphatic rings. The van der Waals surface area contributed by atoms with Crippen LogP contribution in [0.3, 0.4) is 0 Å². The van der Waals surface area contributed by atoms with Crippen molar-refractivity contribution in [1.29, 1.82) is 0 Å². The van der Waals surface area contributed by atoms with Crippen molar-refractivity contribution in [2.45, 2.75) is 63.7 Å². The molecule has 0 radical (unpaired) electrons. The highest BCUT2D eigenvalue weighted by molar-refractivity contribution is 7.90. The van der Waals surface area contributed by atoms with Crippen LogP contribution in [0, 0.1) is 5.92 Å². The van der Waals surface area contributed by atoms with E-state index >= 15 is 0 Å². The zero-order valence-corrected chi connectivity index (χ0v) is 19.7. The van der Waals surface area contributed by atoms with Crippen molar-refractivity contribution in [2.75, 3.05) is 0 Å². The molecule has 1 N–H and O–H groups in total. The van der Waals surface area contributed by atoms with E-state index in [1.54, 1.807) is 26.8 Å². The van der Waals surface area contributed by atoms with Crippen LogP contribution in [0.5, 0.6) is 0 Å². The Morgan fingerprint density at radius 3 is 2.47 bits per heavy atom. The third-order valence-electron chi connectivity index (χ3n) is 3.74. The number of rotatable bonds is 7. The van der Waals surface area contributed by atoms with E-state index in [-0.39, 0.29) is 16.8 Å². The molecule has 0 aliphatic carbocycles. The number of carbonyl (C=O) groups is 1. The molecule has 8 nitrogen and oxygen atoms in total. The molecule has 0 saturated carbocycles. The Morgan fingerprint density at radius 1 is 1.23 bits per heavy atom. The second-order valence-electron chi connectivity index (χ2n) is 8.23. The van der Waals surface area contributed by atoms with Gasteiger partial charge in [0.25, 0.3) is 0 Å². The summed E-state index contributed by atoms with van der Waals surface area (Å²) in [7, 11) is -3.96. The number of amides is 1. The van der Waals surface area contributed by atoms with E-state index in [0.29, 0.717) is 17.0 Å². The molecule has 2 aromatic rings. The fraction of sp³-hybridized carbons (Fsp3) is 0.526. The van der Waals surface area contributed by atoms with Crippen LogP contribution in [-0.2, 0) is 20.3 Å². The molecule has 1 atom stereocenters. The molecule has 1 aromatic heterocycles. The fourth-order valence-electron chi connectivity index (χ4n) is 2.53. The van der Waals surface area contributed by atoms with Gasteiger partial charge in [-0.25, -0.2) is 13.2 Å². The minimum absolute atomic E-state index is 0.0182. The molecule has 1 amide bonds. The number of nitrogens with zero attached hydrogens (tertiary/aromatic N) is 2. The van der Waals surface area contributed by atoms with Gasteiger partial charge in [-0.1, -0.05) is 48.2 Å². The van der Waals surface area contributed by atoms with Crippen LogP contribution in [0.4, 0.5) is 4.79 Å². The number of sulfone groups is 1. The Bertz CT molecular complexity index is 1000. The summed E-state index contributed by atoms with van der Waals surface area (Å²) in [5.74, 6) is -0.293. The number of benzene rings is 1. The molecule has 2 rings (SSSR count). The van der Waals surface area contributed by atoms with Crippen LogP contribution in [0.2, 0.25) is 10.0 Å². The summed E-state index contributed by atoms with van der Waals surface area (Å²) >= 11 is 11.9. The van der Waals surface area contributed by atoms with Crippen LogP contribution < -0.4 is 5.32 Å². The number of halogens is 2. The zero-order valence-electron chi connectivity index (χ0n) is 17.4. The number of ether oxygens (including phenoxy) is 1. The molecule has 0 saturated heterocycles. The van der Waals surface area contributed by atoms with E-state index in [1.165, 1.54) is 12.1 Å². The monoisotopic (exact) mass is 477 g/mol. The first-order valence-corrected chi connectivity index (χ1v) is 11.7. The SMILES string of the molecule is CC(C)CC(NC(=O)OC(C)(C)C)c1nnc(S(=O)(=O)Cc2ccc(Cl)cc2Cl)o1. The number of aromatic nitrogens is 2. The van der Waals surface area contributed by atoms with Crippen molar-refractivity contribution in [3.63, 3.8) is 0 Å². The number of carbonyl (C=O) groups excluding carboxylic acids is 1. The molecule has 1 unspecified atom stereocenters. The topological polar surface area (TPSA) is 111 Å². The van der Waals surface area contributed by atoms with Crippen molar-refractivity contribution in [2.24, 2.45) is 5.92 Å². The second kappa shape index (κ2) is 9.53. The van der Waals surface area contributed by atoms with E-state index in [9.17, 15) is 13.2 Å². The molecule has 166 valence electrons. The Hall–Kier alpha value is -1.84. The average molecular weight is 478 g/mol. The third kappa shape index (κ3) is 7.14. The molecular formula is C19H25Cl2N3O5S.